The average Bonchev–Trinajstić information content (AvgIpc) is 2.54. The van der Waals surface area contributed by atoms with Gasteiger partial charge >= 0.3 is 0 Å². The van der Waals surface area contributed by atoms with Crippen LogP contribution in [-0.4, -0.2) is 46.0 Å². The van der Waals surface area contributed by atoms with Gasteiger partial charge in [0.05, 0.1) is 0 Å². The van der Waals surface area contributed by atoms with Crippen molar-refractivity contribution in [3.8, 4) is 0 Å². The van der Waals surface area contributed by atoms with E-state index >= 15 is 0 Å². The first-order valence-electron chi connectivity index (χ1n) is 7.00. The van der Waals surface area contributed by atoms with Gasteiger partial charge in [-0.15, -0.1) is 26.3 Å². The Balaban J connectivity index is 3.36. The number of hydrogen-bond donors (Lipinski definition) is 1. The number of rotatable bonds is 11. The molecule has 1 aromatic heterocycles. The van der Waals surface area contributed by atoms with E-state index in [0.29, 0.717) is 38.1 Å². The molecule has 1 unspecified atom stereocenters. The molecule has 0 amide bonds. The minimum absolute atomic E-state index is 0.133. The average molecular weight is 335 g/mol. The Kier molecular flexibility index (Phi) is 7.94. The summed E-state index contributed by atoms with van der Waals surface area (Å²) >= 11 is 0. The van der Waals surface area contributed by atoms with Crippen molar-refractivity contribution in [2.45, 2.75) is 0 Å². The van der Waals surface area contributed by atoms with Crippen molar-refractivity contribution in [3.63, 3.8) is 0 Å². The van der Waals surface area contributed by atoms with Gasteiger partial charge in [0.15, 0.2) is 0 Å². The van der Waals surface area contributed by atoms with Crippen LogP contribution in [0.3, 0.4) is 0 Å². The summed E-state index contributed by atoms with van der Waals surface area (Å²) in [5.74, 6) is 0.602. The van der Waals surface area contributed by atoms with Crippen molar-refractivity contribution in [1.82, 2.24) is 15.0 Å². The SMILES string of the molecule is C=CCN(CC=C)c1nc(N(CC=C)CC=C)nc([PH](=O)O)n1. The molecule has 1 aromatic rings. The van der Waals surface area contributed by atoms with E-state index in [1.54, 1.807) is 34.1 Å². The molecule has 1 heterocycles. The van der Waals surface area contributed by atoms with E-state index in [0.717, 1.165) is 0 Å². The van der Waals surface area contributed by atoms with Gasteiger partial charge in [-0.3, -0.25) is 4.57 Å². The van der Waals surface area contributed by atoms with Crippen LogP contribution in [-0.2, 0) is 4.57 Å². The summed E-state index contributed by atoms with van der Waals surface area (Å²) in [5.41, 5.74) is -0.133. The van der Waals surface area contributed by atoms with Crippen LogP contribution in [0.4, 0.5) is 11.9 Å². The summed E-state index contributed by atoms with van der Waals surface area (Å²) < 4.78 is 11.5. The van der Waals surface area contributed by atoms with Crippen LogP contribution in [0.15, 0.2) is 50.6 Å². The quantitative estimate of drug-likeness (QED) is 0.482. The van der Waals surface area contributed by atoms with Crippen molar-refractivity contribution in [2.24, 2.45) is 0 Å². The Morgan fingerprint density at radius 1 is 0.826 bits per heavy atom. The number of nitrogens with zero attached hydrogens (tertiary/aromatic N) is 5. The minimum Gasteiger partial charge on any atom is -0.341 e. The highest BCUT2D eigenvalue weighted by atomic mass is 31.1. The van der Waals surface area contributed by atoms with E-state index in [2.05, 4.69) is 41.3 Å². The summed E-state index contributed by atoms with van der Waals surface area (Å²) in [5, 5.41) is 0. The monoisotopic (exact) mass is 335 g/mol. The fourth-order valence-electron chi connectivity index (χ4n) is 1.83. The van der Waals surface area contributed by atoms with E-state index in [1.807, 2.05) is 0 Å². The first-order valence-corrected chi connectivity index (χ1v) is 8.35. The third kappa shape index (κ3) is 5.47. The van der Waals surface area contributed by atoms with E-state index in [9.17, 15) is 9.46 Å². The third-order valence-electron chi connectivity index (χ3n) is 2.77. The summed E-state index contributed by atoms with van der Waals surface area (Å²) in [6.07, 6.45) is 6.78. The molecule has 1 rings (SSSR count). The second-order valence-electron chi connectivity index (χ2n) is 4.53. The topological polar surface area (TPSA) is 82.5 Å². The van der Waals surface area contributed by atoms with Crippen molar-refractivity contribution < 1.29 is 9.46 Å². The largest absolute Gasteiger partial charge is 0.341 e. The zero-order chi connectivity index (χ0) is 17.2. The van der Waals surface area contributed by atoms with Crippen LogP contribution in [0.2, 0.25) is 0 Å². The Hall–Kier alpha value is -2.24. The molecule has 8 heteroatoms. The van der Waals surface area contributed by atoms with Gasteiger partial charge in [-0.2, -0.15) is 15.0 Å². The molecule has 124 valence electrons. The van der Waals surface area contributed by atoms with Crippen LogP contribution < -0.4 is 15.4 Å². The molecule has 23 heavy (non-hydrogen) atoms. The maximum absolute atomic E-state index is 11.5. The number of anilines is 2. The van der Waals surface area contributed by atoms with Crippen molar-refractivity contribution in [3.05, 3.63) is 50.6 Å². The standard InChI is InChI=1S/C15H22N5O2P/c1-5-9-19(10-6-2)13-16-14(18-15(17-13)23(21)22)20(11-7-3)12-8-4/h5-8,23H,1-4,9-12H2,(H,21,22). The summed E-state index contributed by atoms with van der Waals surface area (Å²) in [7, 11) is -3.05. The highest BCUT2D eigenvalue weighted by Gasteiger charge is 2.17. The van der Waals surface area contributed by atoms with Crippen molar-refractivity contribution >= 4 is 25.5 Å². The van der Waals surface area contributed by atoms with Gasteiger partial charge in [0.1, 0.15) is 0 Å². The first kappa shape index (κ1) is 18.8. The number of hydrogen-bond acceptors (Lipinski definition) is 6. The number of aromatic nitrogens is 3. The lowest BCUT2D eigenvalue weighted by Crippen LogP contribution is -2.32. The van der Waals surface area contributed by atoms with Gasteiger partial charge in [0, 0.05) is 26.2 Å². The molecule has 1 N–H and O–H groups in total. The molecule has 0 spiro atoms. The van der Waals surface area contributed by atoms with Crippen LogP contribution in [0.1, 0.15) is 0 Å². The minimum atomic E-state index is -3.05. The van der Waals surface area contributed by atoms with Crippen LogP contribution in [0.5, 0.6) is 0 Å². The van der Waals surface area contributed by atoms with Crippen LogP contribution in [0.25, 0.3) is 0 Å². The zero-order valence-electron chi connectivity index (χ0n) is 13.1. The van der Waals surface area contributed by atoms with E-state index < -0.39 is 8.03 Å². The summed E-state index contributed by atoms with van der Waals surface area (Å²) in [4.78, 5) is 25.6. The first-order chi connectivity index (χ1) is 11.1. The lowest BCUT2D eigenvalue weighted by atomic mass is 10.4. The van der Waals surface area contributed by atoms with Gasteiger partial charge in [-0.25, -0.2) is 0 Å². The summed E-state index contributed by atoms with van der Waals surface area (Å²) in [6, 6.07) is 0. The molecule has 1 atom stereocenters. The third-order valence-corrected chi connectivity index (χ3v) is 3.37. The van der Waals surface area contributed by atoms with Crippen LogP contribution in [0, 0.1) is 0 Å². The molecular weight excluding hydrogens is 313 g/mol. The molecule has 0 aliphatic carbocycles. The molecule has 0 saturated carbocycles. The van der Waals surface area contributed by atoms with Gasteiger partial charge < -0.3 is 14.7 Å². The van der Waals surface area contributed by atoms with Gasteiger partial charge in [0.2, 0.25) is 17.5 Å². The molecular formula is C15H22N5O2P. The molecule has 0 radical (unpaired) electrons. The summed E-state index contributed by atoms with van der Waals surface area (Å²) in [6.45, 7) is 16.7. The Morgan fingerprint density at radius 3 is 1.43 bits per heavy atom. The molecule has 0 aliphatic rings. The van der Waals surface area contributed by atoms with Crippen molar-refractivity contribution in [1.29, 1.82) is 0 Å². The second kappa shape index (κ2) is 9.71. The highest BCUT2D eigenvalue weighted by Crippen LogP contribution is 2.17. The Bertz CT molecular complexity index is 543. The zero-order valence-corrected chi connectivity index (χ0v) is 14.1. The molecule has 0 bridgehead atoms. The maximum Gasteiger partial charge on any atom is 0.254 e. The predicted octanol–water partition coefficient (Wildman–Crippen LogP) is 1.32. The maximum atomic E-state index is 11.5. The molecule has 0 saturated heterocycles. The van der Waals surface area contributed by atoms with Crippen LogP contribution >= 0.6 is 8.03 Å². The molecule has 0 fully saturated rings. The lowest BCUT2D eigenvalue weighted by Gasteiger charge is -2.23. The van der Waals surface area contributed by atoms with E-state index in [4.69, 9.17) is 0 Å². The molecule has 7 nitrogen and oxygen atoms in total. The fourth-order valence-corrected chi connectivity index (χ4v) is 2.22. The normalized spacial score (nSPS) is 11.3. The van der Waals surface area contributed by atoms with Gasteiger partial charge in [0.25, 0.3) is 8.03 Å². The molecule has 0 aliphatic heterocycles. The second-order valence-corrected chi connectivity index (χ2v) is 5.59. The predicted molar refractivity (Wildman–Crippen MR) is 95.9 cm³/mol. The van der Waals surface area contributed by atoms with E-state index in [-0.39, 0.29) is 5.57 Å². The fraction of sp³-hybridized carbons (Fsp3) is 0.267. The Morgan fingerprint density at radius 2 is 1.17 bits per heavy atom. The smallest absolute Gasteiger partial charge is 0.254 e. The highest BCUT2D eigenvalue weighted by molar-refractivity contribution is 7.46. The van der Waals surface area contributed by atoms with Crippen molar-refractivity contribution in [2.75, 3.05) is 36.0 Å². The van der Waals surface area contributed by atoms with Gasteiger partial charge in [-0.05, 0) is 0 Å². The Labute approximate surface area is 137 Å². The van der Waals surface area contributed by atoms with Gasteiger partial charge in [-0.1, -0.05) is 24.3 Å². The lowest BCUT2D eigenvalue weighted by molar-refractivity contribution is 0.511. The molecule has 0 aromatic carbocycles. The van der Waals surface area contributed by atoms with E-state index in [1.165, 1.54) is 0 Å².